The minimum absolute atomic E-state index is 0.130. The minimum atomic E-state index is -1.93. The molecular formula is C24H17BN2O3. The van der Waals surface area contributed by atoms with Gasteiger partial charge in [-0.2, -0.15) is 0 Å². The number of benzene rings is 4. The third kappa shape index (κ3) is 3.28. The van der Waals surface area contributed by atoms with Crippen LogP contribution in [0.4, 0.5) is 0 Å². The fourth-order valence-corrected chi connectivity index (χ4v) is 3.81. The van der Waals surface area contributed by atoms with Gasteiger partial charge in [0, 0.05) is 0 Å². The van der Waals surface area contributed by atoms with Gasteiger partial charge in [-0.25, -0.2) is 9.97 Å². The summed E-state index contributed by atoms with van der Waals surface area (Å²) in [6.45, 7) is 0. The molecule has 5 aromatic rings. The topological polar surface area (TPSA) is 75.5 Å². The molecule has 5 rings (SSSR count). The van der Waals surface area contributed by atoms with Crippen molar-refractivity contribution in [3.8, 4) is 28.1 Å². The number of aromatic nitrogens is 2. The van der Waals surface area contributed by atoms with Crippen molar-refractivity contribution in [2.24, 2.45) is 0 Å². The number of nitrogens with zero attached hydrogens (tertiary/aromatic N) is 2. The van der Waals surface area contributed by atoms with Gasteiger partial charge in [0.05, 0.1) is 10.9 Å². The Morgan fingerprint density at radius 3 is 2.00 bits per heavy atom. The molecule has 0 spiro atoms. The molecule has 0 aliphatic carbocycles. The van der Waals surface area contributed by atoms with E-state index in [2.05, 4.69) is 52.4 Å². The largest absolute Gasteiger partial charge is 0.708 e. The van der Waals surface area contributed by atoms with Crippen LogP contribution in [0, 0.1) is 0 Å². The van der Waals surface area contributed by atoms with E-state index < -0.39 is 7.32 Å². The Morgan fingerprint density at radius 1 is 0.633 bits per heavy atom. The molecule has 144 valence electrons. The summed E-state index contributed by atoms with van der Waals surface area (Å²) in [4.78, 5) is 8.32. The SMILES string of the molecule is OB(O)Oc1ncnc2cc(-c3ccc(-c4ccccc4)c4ccccc34)ccc12. The van der Waals surface area contributed by atoms with Gasteiger partial charge in [0.15, 0.2) is 0 Å². The molecular weight excluding hydrogens is 375 g/mol. The maximum absolute atomic E-state index is 9.11. The van der Waals surface area contributed by atoms with E-state index in [1.807, 2.05) is 42.5 Å². The molecule has 0 fully saturated rings. The predicted molar refractivity (Wildman–Crippen MR) is 119 cm³/mol. The van der Waals surface area contributed by atoms with Gasteiger partial charge >= 0.3 is 7.32 Å². The van der Waals surface area contributed by atoms with Crippen molar-refractivity contribution >= 4 is 29.0 Å². The van der Waals surface area contributed by atoms with Crippen molar-refractivity contribution in [2.45, 2.75) is 0 Å². The van der Waals surface area contributed by atoms with E-state index >= 15 is 0 Å². The lowest BCUT2D eigenvalue weighted by Gasteiger charge is -2.13. The van der Waals surface area contributed by atoms with E-state index in [4.69, 9.17) is 14.7 Å². The molecule has 1 heterocycles. The monoisotopic (exact) mass is 392 g/mol. The number of hydrogen-bond donors (Lipinski definition) is 2. The Labute approximate surface area is 173 Å². The highest BCUT2D eigenvalue weighted by molar-refractivity contribution is 6.34. The maximum atomic E-state index is 9.11. The molecule has 1 aromatic heterocycles. The zero-order chi connectivity index (χ0) is 20.5. The summed E-state index contributed by atoms with van der Waals surface area (Å²) in [6, 6.07) is 28.7. The molecule has 0 aliphatic heterocycles. The lowest BCUT2D eigenvalue weighted by molar-refractivity contribution is 0.285. The number of hydrogen-bond acceptors (Lipinski definition) is 5. The second kappa shape index (κ2) is 7.59. The van der Waals surface area contributed by atoms with Gasteiger partial charge < -0.3 is 14.7 Å². The van der Waals surface area contributed by atoms with Crippen molar-refractivity contribution in [1.29, 1.82) is 0 Å². The van der Waals surface area contributed by atoms with Crippen LogP contribution >= 0.6 is 0 Å². The summed E-state index contributed by atoms with van der Waals surface area (Å²) < 4.78 is 4.97. The molecule has 0 saturated carbocycles. The van der Waals surface area contributed by atoms with Crippen LogP contribution < -0.4 is 4.65 Å². The van der Waals surface area contributed by atoms with Crippen LogP contribution in [-0.2, 0) is 0 Å². The van der Waals surface area contributed by atoms with Crippen LogP contribution in [0.15, 0.2) is 91.3 Å². The lowest BCUT2D eigenvalue weighted by Crippen LogP contribution is -2.21. The van der Waals surface area contributed by atoms with Crippen LogP contribution in [0.3, 0.4) is 0 Å². The molecule has 0 radical (unpaired) electrons. The Morgan fingerprint density at radius 2 is 1.30 bits per heavy atom. The fourth-order valence-electron chi connectivity index (χ4n) is 3.81. The summed E-state index contributed by atoms with van der Waals surface area (Å²) in [6.07, 6.45) is 1.35. The van der Waals surface area contributed by atoms with Gasteiger partial charge in [0.2, 0.25) is 5.88 Å². The molecule has 4 aromatic carbocycles. The van der Waals surface area contributed by atoms with Crippen molar-refractivity contribution < 1.29 is 14.7 Å². The highest BCUT2D eigenvalue weighted by Gasteiger charge is 2.16. The fraction of sp³-hybridized carbons (Fsp3) is 0. The van der Waals surface area contributed by atoms with Crippen LogP contribution in [0.1, 0.15) is 0 Å². The normalized spacial score (nSPS) is 11.0. The molecule has 0 unspecified atom stereocenters. The van der Waals surface area contributed by atoms with Crippen LogP contribution in [0.2, 0.25) is 0 Å². The summed E-state index contributed by atoms with van der Waals surface area (Å²) in [5, 5.41) is 21.2. The smallest absolute Gasteiger partial charge is 0.497 e. The molecule has 6 heteroatoms. The second-order valence-electron chi connectivity index (χ2n) is 6.93. The molecule has 0 aliphatic rings. The molecule has 5 nitrogen and oxygen atoms in total. The maximum Gasteiger partial charge on any atom is 0.708 e. The Hall–Kier alpha value is -3.74. The second-order valence-corrected chi connectivity index (χ2v) is 6.93. The van der Waals surface area contributed by atoms with Gasteiger partial charge in [-0.15, -0.1) is 0 Å². The minimum Gasteiger partial charge on any atom is -0.497 e. The number of rotatable bonds is 4. The molecule has 0 bridgehead atoms. The molecule has 30 heavy (non-hydrogen) atoms. The quantitative estimate of drug-likeness (QED) is 0.442. The average molecular weight is 392 g/mol. The standard InChI is InChI=1S/C24H17BN2O3/c28-25(29)30-24-22-11-10-17(14-23(22)26-15-27-24)19-13-12-18(16-6-2-1-3-7-16)20-8-4-5-9-21(19)20/h1-15,28-29H. The lowest BCUT2D eigenvalue weighted by atomic mass is 9.92. The Balaban J connectivity index is 1.68. The first kappa shape index (κ1) is 18.3. The predicted octanol–water partition coefficient (Wildman–Crippen LogP) is 4.47. The summed E-state index contributed by atoms with van der Waals surface area (Å²) in [5.41, 5.74) is 5.12. The van der Waals surface area contributed by atoms with E-state index in [0.717, 1.165) is 16.5 Å². The van der Waals surface area contributed by atoms with Crippen LogP contribution in [0.25, 0.3) is 43.9 Å². The van der Waals surface area contributed by atoms with Crippen LogP contribution in [-0.4, -0.2) is 27.3 Å². The Kier molecular flexibility index (Phi) is 4.63. The molecule has 0 saturated heterocycles. The van der Waals surface area contributed by atoms with E-state index in [1.165, 1.54) is 22.8 Å². The summed E-state index contributed by atoms with van der Waals surface area (Å²) >= 11 is 0. The zero-order valence-corrected chi connectivity index (χ0v) is 15.9. The van der Waals surface area contributed by atoms with E-state index in [-0.39, 0.29) is 5.88 Å². The average Bonchev–Trinajstić information content (AvgIpc) is 2.78. The summed E-state index contributed by atoms with van der Waals surface area (Å²) in [5.74, 6) is 0.130. The third-order valence-corrected chi connectivity index (χ3v) is 5.14. The first-order valence-electron chi connectivity index (χ1n) is 9.56. The van der Waals surface area contributed by atoms with Crippen molar-refractivity contribution in [2.75, 3.05) is 0 Å². The molecule has 2 N–H and O–H groups in total. The van der Waals surface area contributed by atoms with Gasteiger partial charge in [-0.1, -0.05) is 72.8 Å². The molecule has 0 atom stereocenters. The van der Waals surface area contributed by atoms with Gasteiger partial charge in [-0.05, 0) is 45.2 Å². The van der Waals surface area contributed by atoms with Crippen LogP contribution in [0.5, 0.6) is 5.88 Å². The van der Waals surface area contributed by atoms with Crippen molar-refractivity contribution in [1.82, 2.24) is 9.97 Å². The summed E-state index contributed by atoms with van der Waals surface area (Å²) in [7, 11) is -1.93. The van der Waals surface area contributed by atoms with E-state index in [1.54, 1.807) is 0 Å². The zero-order valence-electron chi connectivity index (χ0n) is 15.9. The van der Waals surface area contributed by atoms with Gasteiger partial charge in [-0.3, -0.25) is 0 Å². The highest BCUT2D eigenvalue weighted by Crippen LogP contribution is 2.36. The first-order valence-corrected chi connectivity index (χ1v) is 9.56. The highest BCUT2D eigenvalue weighted by atomic mass is 16.6. The number of fused-ring (bicyclic) bond motifs is 2. The van der Waals surface area contributed by atoms with Gasteiger partial charge in [0.25, 0.3) is 0 Å². The first-order chi connectivity index (χ1) is 14.7. The van der Waals surface area contributed by atoms with Crippen molar-refractivity contribution in [3.05, 3.63) is 91.3 Å². The van der Waals surface area contributed by atoms with Gasteiger partial charge in [0.1, 0.15) is 6.33 Å². The molecule has 0 amide bonds. The Bertz CT molecular complexity index is 1360. The van der Waals surface area contributed by atoms with E-state index in [9.17, 15) is 0 Å². The third-order valence-electron chi connectivity index (χ3n) is 5.14. The van der Waals surface area contributed by atoms with E-state index in [0.29, 0.717) is 10.9 Å². The van der Waals surface area contributed by atoms with Crippen molar-refractivity contribution in [3.63, 3.8) is 0 Å².